The van der Waals surface area contributed by atoms with Crippen LogP contribution in [0.2, 0.25) is 0 Å². The van der Waals surface area contributed by atoms with Crippen LogP contribution in [-0.2, 0) is 0 Å². The maximum absolute atomic E-state index is 12.7. The molecule has 3 aromatic rings. The Hall–Kier alpha value is -3.01. The summed E-state index contributed by atoms with van der Waals surface area (Å²) in [5, 5.41) is 5.01. The molecular weight excluding hydrogens is 326 g/mol. The van der Waals surface area contributed by atoms with Crippen molar-refractivity contribution < 1.29 is 14.3 Å². The molecule has 0 aliphatic rings. The first-order valence-corrected chi connectivity index (χ1v) is 8.64. The van der Waals surface area contributed by atoms with Crippen LogP contribution in [0.4, 0.5) is 0 Å². The number of aryl methyl sites for hydroxylation is 1. The SMILES string of the molecule is COc1cc2ccccc2cc1C(=O)N[C@@H](C)COc1ccc(C)cc1. The molecule has 1 amide bonds. The largest absolute Gasteiger partial charge is 0.496 e. The number of carbonyl (C=O) groups excluding carboxylic acids is 1. The van der Waals surface area contributed by atoms with Crippen molar-refractivity contribution >= 4 is 16.7 Å². The van der Waals surface area contributed by atoms with Gasteiger partial charge in [0.1, 0.15) is 18.1 Å². The molecule has 0 saturated heterocycles. The molecule has 0 heterocycles. The third-order valence-electron chi connectivity index (χ3n) is 4.21. The maximum Gasteiger partial charge on any atom is 0.255 e. The van der Waals surface area contributed by atoms with E-state index in [0.29, 0.717) is 17.9 Å². The highest BCUT2D eigenvalue weighted by molar-refractivity contribution is 6.01. The van der Waals surface area contributed by atoms with Gasteiger partial charge in [-0.15, -0.1) is 0 Å². The van der Waals surface area contributed by atoms with Crippen molar-refractivity contribution in [3.8, 4) is 11.5 Å². The highest BCUT2D eigenvalue weighted by Crippen LogP contribution is 2.26. The lowest BCUT2D eigenvalue weighted by Gasteiger charge is -2.17. The Morgan fingerprint density at radius 1 is 1.04 bits per heavy atom. The Morgan fingerprint density at radius 3 is 2.35 bits per heavy atom. The number of ether oxygens (including phenoxy) is 2. The average Bonchev–Trinajstić information content (AvgIpc) is 2.66. The van der Waals surface area contributed by atoms with Crippen LogP contribution in [0.5, 0.6) is 11.5 Å². The zero-order chi connectivity index (χ0) is 18.5. The zero-order valence-electron chi connectivity index (χ0n) is 15.3. The molecule has 4 heteroatoms. The van der Waals surface area contributed by atoms with Gasteiger partial charge < -0.3 is 14.8 Å². The van der Waals surface area contributed by atoms with Gasteiger partial charge in [0.2, 0.25) is 0 Å². The fourth-order valence-electron chi connectivity index (χ4n) is 2.76. The van der Waals surface area contributed by atoms with E-state index in [4.69, 9.17) is 9.47 Å². The van der Waals surface area contributed by atoms with Crippen LogP contribution in [-0.4, -0.2) is 25.7 Å². The number of methoxy groups -OCH3 is 1. The summed E-state index contributed by atoms with van der Waals surface area (Å²) in [7, 11) is 1.57. The lowest BCUT2D eigenvalue weighted by molar-refractivity contribution is 0.0924. The van der Waals surface area contributed by atoms with Crippen molar-refractivity contribution in [2.24, 2.45) is 0 Å². The smallest absolute Gasteiger partial charge is 0.255 e. The minimum Gasteiger partial charge on any atom is -0.496 e. The van der Waals surface area contributed by atoms with Crippen LogP contribution >= 0.6 is 0 Å². The van der Waals surface area contributed by atoms with Crippen molar-refractivity contribution in [2.45, 2.75) is 19.9 Å². The maximum atomic E-state index is 12.7. The topological polar surface area (TPSA) is 47.6 Å². The van der Waals surface area contributed by atoms with Crippen LogP contribution in [0.15, 0.2) is 60.7 Å². The second-order valence-electron chi connectivity index (χ2n) is 6.40. The van der Waals surface area contributed by atoms with E-state index in [0.717, 1.165) is 16.5 Å². The van der Waals surface area contributed by atoms with Crippen molar-refractivity contribution in [1.82, 2.24) is 5.32 Å². The first-order chi connectivity index (χ1) is 12.6. The minimum absolute atomic E-state index is 0.139. The number of hydrogen-bond acceptors (Lipinski definition) is 3. The van der Waals surface area contributed by atoms with Crippen LogP contribution < -0.4 is 14.8 Å². The molecule has 1 N–H and O–H groups in total. The number of carbonyl (C=O) groups is 1. The highest BCUT2D eigenvalue weighted by atomic mass is 16.5. The van der Waals surface area contributed by atoms with E-state index in [2.05, 4.69) is 5.32 Å². The quantitative estimate of drug-likeness (QED) is 0.719. The second kappa shape index (κ2) is 7.91. The Morgan fingerprint density at radius 2 is 1.69 bits per heavy atom. The van der Waals surface area contributed by atoms with Crippen LogP contribution in [0.1, 0.15) is 22.8 Å². The zero-order valence-corrected chi connectivity index (χ0v) is 15.3. The Balaban J connectivity index is 1.68. The molecule has 0 aromatic heterocycles. The predicted molar refractivity (Wildman–Crippen MR) is 104 cm³/mol. The van der Waals surface area contributed by atoms with Gasteiger partial charge in [-0.05, 0) is 48.9 Å². The molecule has 0 aliphatic heterocycles. The molecule has 0 radical (unpaired) electrons. The Bertz CT molecular complexity index is 903. The third-order valence-corrected chi connectivity index (χ3v) is 4.21. The molecule has 3 aromatic carbocycles. The molecule has 26 heavy (non-hydrogen) atoms. The minimum atomic E-state index is -0.174. The molecule has 0 bridgehead atoms. The van der Waals surface area contributed by atoms with Crippen molar-refractivity contribution in [3.63, 3.8) is 0 Å². The van der Waals surface area contributed by atoms with Crippen LogP contribution in [0.25, 0.3) is 10.8 Å². The van der Waals surface area contributed by atoms with E-state index < -0.39 is 0 Å². The average molecular weight is 349 g/mol. The normalized spacial score (nSPS) is 11.8. The van der Waals surface area contributed by atoms with E-state index >= 15 is 0 Å². The number of benzene rings is 3. The number of nitrogens with one attached hydrogen (secondary N) is 1. The number of rotatable bonds is 6. The van der Waals surface area contributed by atoms with E-state index in [1.165, 1.54) is 5.56 Å². The molecular formula is C22H23NO3. The lowest BCUT2D eigenvalue weighted by atomic mass is 10.1. The van der Waals surface area contributed by atoms with E-state index in [-0.39, 0.29) is 11.9 Å². The van der Waals surface area contributed by atoms with E-state index in [9.17, 15) is 4.79 Å². The Kier molecular flexibility index (Phi) is 5.42. The van der Waals surface area contributed by atoms with Gasteiger partial charge in [-0.3, -0.25) is 4.79 Å². The van der Waals surface area contributed by atoms with E-state index in [1.54, 1.807) is 7.11 Å². The number of hydrogen-bond donors (Lipinski definition) is 1. The lowest BCUT2D eigenvalue weighted by Crippen LogP contribution is -2.37. The summed E-state index contributed by atoms with van der Waals surface area (Å²) in [5.74, 6) is 1.18. The molecule has 0 unspecified atom stereocenters. The molecule has 3 rings (SSSR count). The summed E-state index contributed by atoms with van der Waals surface area (Å²) >= 11 is 0. The predicted octanol–water partition coefficient (Wildman–Crippen LogP) is 4.35. The van der Waals surface area contributed by atoms with Crippen LogP contribution in [0.3, 0.4) is 0 Å². The summed E-state index contributed by atoms with van der Waals surface area (Å²) < 4.78 is 11.1. The van der Waals surface area contributed by atoms with E-state index in [1.807, 2.05) is 74.5 Å². The number of amides is 1. The van der Waals surface area contributed by atoms with Gasteiger partial charge in [0.25, 0.3) is 5.91 Å². The van der Waals surface area contributed by atoms with Gasteiger partial charge in [-0.1, -0.05) is 42.0 Å². The molecule has 0 aliphatic carbocycles. The van der Waals surface area contributed by atoms with Gasteiger partial charge in [-0.25, -0.2) is 0 Å². The summed E-state index contributed by atoms with van der Waals surface area (Å²) in [5.41, 5.74) is 1.70. The van der Waals surface area contributed by atoms with Crippen molar-refractivity contribution in [3.05, 3.63) is 71.8 Å². The molecule has 0 fully saturated rings. The first kappa shape index (κ1) is 17.8. The molecule has 0 saturated carbocycles. The summed E-state index contributed by atoms with van der Waals surface area (Å²) in [4.78, 5) is 12.7. The highest BCUT2D eigenvalue weighted by Gasteiger charge is 2.16. The molecule has 1 atom stereocenters. The summed E-state index contributed by atoms with van der Waals surface area (Å²) in [6.07, 6.45) is 0. The molecule has 0 spiro atoms. The molecule has 4 nitrogen and oxygen atoms in total. The number of fused-ring (bicyclic) bond motifs is 1. The van der Waals surface area contributed by atoms with Gasteiger partial charge >= 0.3 is 0 Å². The fraction of sp³-hybridized carbons (Fsp3) is 0.227. The van der Waals surface area contributed by atoms with Gasteiger partial charge in [0.05, 0.1) is 18.7 Å². The third kappa shape index (κ3) is 4.14. The Labute approximate surface area is 153 Å². The van der Waals surface area contributed by atoms with Gasteiger partial charge in [-0.2, -0.15) is 0 Å². The summed E-state index contributed by atoms with van der Waals surface area (Å²) in [6, 6.07) is 19.4. The van der Waals surface area contributed by atoms with Gasteiger partial charge in [0.15, 0.2) is 0 Å². The van der Waals surface area contributed by atoms with Crippen LogP contribution in [0, 0.1) is 6.92 Å². The standard InChI is InChI=1S/C22H23NO3/c1-15-8-10-19(11-9-15)26-14-16(2)23-22(24)20-12-17-6-4-5-7-18(17)13-21(20)25-3/h4-13,16H,14H2,1-3H3,(H,23,24)/t16-/m0/s1. The van der Waals surface area contributed by atoms with Gasteiger partial charge in [0, 0.05) is 0 Å². The fourth-order valence-corrected chi connectivity index (χ4v) is 2.76. The van der Waals surface area contributed by atoms with Crippen molar-refractivity contribution in [1.29, 1.82) is 0 Å². The summed E-state index contributed by atoms with van der Waals surface area (Å²) in [6.45, 7) is 4.34. The second-order valence-corrected chi connectivity index (χ2v) is 6.40. The van der Waals surface area contributed by atoms with Crippen molar-refractivity contribution in [2.75, 3.05) is 13.7 Å². The first-order valence-electron chi connectivity index (χ1n) is 8.64. The molecule has 134 valence electrons. The monoisotopic (exact) mass is 349 g/mol.